The fourth-order valence-corrected chi connectivity index (χ4v) is 4.88. The van der Waals surface area contributed by atoms with Crippen molar-refractivity contribution in [1.82, 2.24) is 15.2 Å². The molecule has 0 saturated heterocycles. The van der Waals surface area contributed by atoms with Crippen LogP contribution in [0.15, 0.2) is 42.5 Å². The zero-order valence-corrected chi connectivity index (χ0v) is 22.3. The number of hydrogen-bond donors (Lipinski definition) is 4. The van der Waals surface area contributed by atoms with E-state index in [1.807, 2.05) is 68.1 Å². The van der Waals surface area contributed by atoms with E-state index in [0.29, 0.717) is 37.0 Å². The van der Waals surface area contributed by atoms with E-state index in [1.165, 1.54) is 5.56 Å². The van der Waals surface area contributed by atoms with Crippen molar-refractivity contribution in [3.8, 4) is 5.75 Å². The fourth-order valence-electron chi connectivity index (χ4n) is 4.70. The molecular formula is C28H36ClN3O5. The van der Waals surface area contributed by atoms with Gasteiger partial charge in [-0.25, -0.2) is 4.90 Å². The van der Waals surface area contributed by atoms with Crippen molar-refractivity contribution in [3.05, 3.63) is 64.3 Å². The molecule has 3 unspecified atom stereocenters. The van der Waals surface area contributed by atoms with Crippen LogP contribution in [0, 0.1) is 5.92 Å². The molecule has 1 aromatic heterocycles. The van der Waals surface area contributed by atoms with E-state index in [-0.39, 0.29) is 24.4 Å². The topological polar surface area (TPSA) is 107 Å². The molecule has 200 valence electrons. The van der Waals surface area contributed by atoms with Crippen LogP contribution in [0.3, 0.4) is 0 Å². The van der Waals surface area contributed by atoms with Crippen LogP contribution < -0.4 is 10.1 Å². The highest BCUT2D eigenvalue weighted by Crippen LogP contribution is 2.40. The minimum atomic E-state index is -1.04. The van der Waals surface area contributed by atoms with Crippen LogP contribution in [0.25, 0.3) is 10.9 Å². The molecule has 0 fully saturated rings. The van der Waals surface area contributed by atoms with Gasteiger partial charge in [-0.05, 0) is 54.8 Å². The number of nitrogens with zero attached hydrogens (tertiary/aromatic N) is 1. The van der Waals surface area contributed by atoms with E-state index in [1.54, 1.807) is 0 Å². The Hall–Kier alpha value is -2.62. The van der Waals surface area contributed by atoms with Gasteiger partial charge in [0.1, 0.15) is 5.75 Å². The van der Waals surface area contributed by atoms with Crippen LogP contribution in [-0.2, 0) is 16.0 Å². The third-order valence-corrected chi connectivity index (χ3v) is 6.91. The second-order valence-electron chi connectivity index (χ2n) is 9.64. The minimum Gasteiger partial charge on any atom is -0.493 e. The summed E-state index contributed by atoms with van der Waals surface area (Å²) in [5.41, 5.74) is 4.21. The van der Waals surface area contributed by atoms with E-state index in [2.05, 4.69) is 10.3 Å². The Bertz CT molecular complexity index is 1200. The average Bonchev–Trinajstić information content (AvgIpc) is 3.25. The first-order valence-electron chi connectivity index (χ1n) is 12.8. The van der Waals surface area contributed by atoms with Crippen molar-refractivity contribution in [2.75, 3.05) is 26.3 Å². The molecule has 1 aliphatic heterocycles. The van der Waals surface area contributed by atoms with Gasteiger partial charge in [-0.15, -0.1) is 0 Å². The highest BCUT2D eigenvalue weighted by atomic mass is 35.5. The molecule has 0 saturated carbocycles. The van der Waals surface area contributed by atoms with Gasteiger partial charge < -0.3 is 30.0 Å². The van der Waals surface area contributed by atoms with Crippen LogP contribution in [0.4, 0.5) is 0 Å². The van der Waals surface area contributed by atoms with Gasteiger partial charge in [-0.3, -0.25) is 4.79 Å². The SMILES string of the molecule is CCOC(O)N1CCc2c([nH]c3ccc(Cl)cc23)C1c1ccc(OCCC(O)CNC(=O)C(C)C)cc1. The maximum absolute atomic E-state index is 11.7. The number of carbonyl (C=O) groups is 1. The van der Waals surface area contributed by atoms with Gasteiger partial charge in [0.15, 0.2) is 0 Å². The van der Waals surface area contributed by atoms with Crippen LogP contribution in [0.5, 0.6) is 5.75 Å². The molecule has 2 heterocycles. The Morgan fingerprint density at radius 3 is 2.68 bits per heavy atom. The molecular weight excluding hydrogens is 494 g/mol. The van der Waals surface area contributed by atoms with Gasteiger partial charge in [0.25, 0.3) is 0 Å². The number of halogens is 1. The molecule has 3 aromatic rings. The first-order valence-corrected chi connectivity index (χ1v) is 13.2. The summed E-state index contributed by atoms with van der Waals surface area (Å²) in [6, 6.07) is 13.3. The number of aliphatic hydroxyl groups is 2. The highest BCUT2D eigenvalue weighted by molar-refractivity contribution is 6.31. The number of amides is 1. The number of aliphatic hydroxyl groups excluding tert-OH is 2. The summed E-state index contributed by atoms with van der Waals surface area (Å²) in [5, 5.41) is 25.4. The summed E-state index contributed by atoms with van der Waals surface area (Å²) in [6.45, 7) is 7.04. The number of fused-ring (bicyclic) bond motifs is 3. The molecule has 0 bridgehead atoms. The van der Waals surface area contributed by atoms with E-state index >= 15 is 0 Å². The molecule has 8 nitrogen and oxygen atoms in total. The van der Waals surface area contributed by atoms with Gasteiger partial charge in [-0.1, -0.05) is 37.6 Å². The van der Waals surface area contributed by atoms with E-state index < -0.39 is 12.5 Å². The van der Waals surface area contributed by atoms with Crippen molar-refractivity contribution in [3.63, 3.8) is 0 Å². The minimum absolute atomic E-state index is 0.0806. The first-order chi connectivity index (χ1) is 17.8. The molecule has 4 rings (SSSR count). The Morgan fingerprint density at radius 2 is 1.97 bits per heavy atom. The first kappa shape index (κ1) is 27.4. The number of benzene rings is 2. The van der Waals surface area contributed by atoms with Gasteiger partial charge in [-0.2, -0.15) is 0 Å². The van der Waals surface area contributed by atoms with Crippen LogP contribution in [0.1, 0.15) is 50.1 Å². The summed E-state index contributed by atoms with van der Waals surface area (Å²) in [5.74, 6) is 0.483. The zero-order valence-electron chi connectivity index (χ0n) is 21.5. The molecule has 37 heavy (non-hydrogen) atoms. The number of aromatic nitrogens is 1. The van der Waals surface area contributed by atoms with Gasteiger partial charge in [0.05, 0.1) is 18.8 Å². The number of rotatable bonds is 11. The van der Waals surface area contributed by atoms with Crippen molar-refractivity contribution in [2.45, 2.75) is 52.2 Å². The number of carbonyl (C=O) groups excluding carboxylic acids is 1. The van der Waals surface area contributed by atoms with Gasteiger partial charge >= 0.3 is 0 Å². The van der Waals surface area contributed by atoms with Crippen molar-refractivity contribution < 1.29 is 24.5 Å². The van der Waals surface area contributed by atoms with E-state index in [9.17, 15) is 15.0 Å². The highest BCUT2D eigenvalue weighted by Gasteiger charge is 2.35. The predicted octanol–water partition coefficient (Wildman–Crippen LogP) is 3.98. The number of hydrogen-bond acceptors (Lipinski definition) is 6. The third-order valence-electron chi connectivity index (χ3n) is 6.68. The molecule has 0 radical (unpaired) electrons. The molecule has 0 aliphatic carbocycles. The molecule has 3 atom stereocenters. The van der Waals surface area contributed by atoms with Crippen LogP contribution in [0.2, 0.25) is 5.02 Å². The quantitative estimate of drug-likeness (QED) is 0.280. The molecule has 9 heteroatoms. The molecule has 1 amide bonds. The zero-order chi connectivity index (χ0) is 26.5. The van der Waals surface area contributed by atoms with E-state index in [0.717, 1.165) is 28.6 Å². The van der Waals surface area contributed by atoms with Crippen molar-refractivity contribution >= 4 is 28.4 Å². The maximum atomic E-state index is 11.7. The molecule has 4 N–H and O–H groups in total. The Kier molecular flexibility index (Phi) is 9.10. The lowest BCUT2D eigenvalue weighted by atomic mass is 9.92. The van der Waals surface area contributed by atoms with Crippen LogP contribution in [-0.4, -0.2) is 64.8 Å². The smallest absolute Gasteiger partial charge is 0.222 e. The maximum Gasteiger partial charge on any atom is 0.222 e. The Morgan fingerprint density at radius 1 is 1.22 bits per heavy atom. The molecule has 1 aliphatic rings. The summed E-state index contributed by atoms with van der Waals surface area (Å²) in [4.78, 5) is 17.2. The number of H-pyrrole nitrogens is 1. The summed E-state index contributed by atoms with van der Waals surface area (Å²) in [6.07, 6.45) is -0.547. The monoisotopic (exact) mass is 529 g/mol. The van der Waals surface area contributed by atoms with Gasteiger partial charge in [0.2, 0.25) is 12.3 Å². The van der Waals surface area contributed by atoms with Gasteiger partial charge in [0, 0.05) is 53.7 Å². The van der Waals surface area contributed by atoms with E-state index in [4.69, 9.17) is 21.1 Å². The Labute approximate surface area is 222 Å². The predicted molar refractivity (Wildman–Crippen MR) is 144 cm³/mol. The largest absolute Gasteiger partial charge is 0.493 e. The molecule has 2 aromatic carbocycles. The second kappa shape index (κ2) is 12.3. The second-order valence-corrected chi connectivity index (χ2v) is 10.1. The third kappa shape index (κ3) is 6.45. The number of ether oxygens (including phenoxy) is 2. The standard InChI is InChI=1S/C28H36ClN3O5/c1-4-36-28(35)32-13-11-22-23-15-19(29)7-10-24(23)31-25(22)26(32)18-5-8-21(9-6-18)37-14-12-20(33)16-30-27(34)17(2)3/h5-10,15,17,20,26,28,31,33,35H,4,11-14,16H2,1-3H3,(H,30,34). The summed E-state index contributed by atoms with van der Waals surface area (Å²) < 4.78 is 11.4. The number of aromatic amines is 1. The summed E-state index contributed by atoms with van der Waals surface area (Å²) >= 11 is 6.28. The fraction of sp³-hybridized carbons (Fsp3) is 0.464. The average molecular weight is 530 g/mol. The normalized spacial score (nSPS) is 17.5. The summed E-state index contributed by atoms with van der Waals surface area (Å²) in [7, 11) is 0. The van der Waals surface area contributed by atoms with Crippen molar-refractivity contribution in [2.24, 2.45) is 5.92 Å². The lowest BCUT2D eigenvalue weighted by Crippen LogP contribution is -2.44. The molecule has 0 spiro atoms. The lowest BCUT2D eigenvalue weighted by molar-refractivity contribution is -0.202. The lowest BCUT2D eigenvalue weighted by Gasteiger charge is -2.38. The number of nitrogens with one attached hydrogen (secondary N) is 2. The van der Waals surface area contributed by atoms with Crippen LogP contribution >= 0.6 is 11.6 Å². The van der Waals surface area contributed by atoms with Crippen molar-refractivity contribution in [1.29, 1.82) is 0 Å². The Balaban J connectivity index is 1.48.